The maximum atomic E-state index is 11.6. The predicted molar refractivity (Wildman–Crippen MR) is 67.3 cm³/mol. The molecule has 18 heavy (non-hydrogen) atoms. The molecule has 5 nitrogen and oxygen atoms in total. The van der Waals surface area contributed by atoms with Gasteiger partial charge in [0.2, 0.25) is 0 Å². The van der Waals surface area contributed by atoms with Gasteiger partial charge in [-0.1, -0.05) is 19.3 Å². The van der Waals surface area contributed by atoms with Crippen LogP contribution in [0.2, 0.25) is 0 Å². The van der Waals surface area contributed by atoms with Crippen molar-refractivity contribution in [1.82, 2.24) is 10.6 Å². The Bertz CT molecular complexity index is 320. The molecule has 2 amide bonds. The number of carboxylic acid groups (broad SMARTS) is 1. The average Bonchev–Trinajstić information content (AvgIpc) is 2.32. The third-order valence-corrected chi connectivity index (χ3v) is 4.29. The fraction of sp³-hybridized carbons (Fsp3) is 0.846. The first-order valence-corrected chi connectivity index (χ1v) is 6.90. The number of carboxylic acids is 1. The van der Waals surface area contributed by atoms with Crippen LogP contribution in [0.4, 0.5) is 4.79 Å². The number of hydrogen-bond donors (Lipinski definition) is 3. The summed E-state index contributed by atoms with van der Waals surface area (Å²) in [7, 11) is 0. The van der Waals surface area contributed by atoms with E-state index in [1.54, 1.807) is 0 Å². The minimum absolute atomic E-state index is 0.217. The molecular weight excluding hydrogens is 232 g/mol. The molecule has 0 aromatic rings. The van der Waals surface area contributed by atoms with Gasteiger partial charge in [0, 0.05) is 12.6 Å². The molecule has 0 aromatic heterocycles. The van der Waals surface area contributed by atoms with Crippen molar-refractivity contribution in [3.8, 4) is 0 Å². The number of hydrogen-bond acceptors (Lipinski definition) is 2. The van der Waals surface area contributed by atoms with Gasteiger partial charge >= 0.3 is 12.0 Å². The van der Waals surface area contributed by atoms with Crippen molar-refractivity contribution in [2.45, 2.75) is 57.4 Å². The number of amides is 2. The molecule has 2 rings (SSSR count). The number of rotatable bonds is 4. The largest absolute Gasteiger partial charge is 0.481 e. The molecule has 2 saturated carbocycles. The summed E-state index contributed by atoms with van der Waals surface area (Å²) in [6.45, 7) is 0.251. The Hall–Kier alpha value is -1.26. The van der Waals surface area contributed by atoms with Gasteiger partial charge in [0.15, 0.2) is 0 Å². The monoisotopic (exact) mass is 254 g/mol. The highest BCUT2D eigenvalue weighted by Gasteiger charge is 2.39. The maximum absolute atomic E-state index is 11.6. The number of nitrogens with one attached hydrogen (secondary N) is 2. The fourth-order valence-corrected chi connectivity index (χ4v) is 2.73. The van der Waals surface area contributed by atoms with Gasteiger partial charge in [-0.25, -0.2) is 4.79 Å². The highest BCUT2D eigenvalue weighted by atomic mass is 16.4. The standard InChI is InChI=1S/C13H22N2O3/c16-11(17)13(7-2-1-3-8-13)9-14-12(18)15-10-5-4-6-10/h10H,1-9H2,(H,16,17)(H2,14,15,18). The molecule has 0 saturated heterocycles. The third-order valence-electron chi connectivity index (χ3n) is 4.29. The van der Waals surface area contributed by atoms with Crippen molar-refractivity contribution >= 4 is 12.0 Å². The SMILES string of the molecule is O=C(NCC1(C(=O)O)CCCCC1)NC1CCC1. The zero-order chi connectivity index (χ0) is 13.0. The van der Waals surface area contributed by atoms with Crippen LogP contribution in [0.1, 0.15) is 51.4 Å². The average molecular weight is 254 g/mol. The summed E-state index contributed by atoms with van der Waals surface area (Å²) < 4.78 is 0. The van der Waals surface area contributed by atoms with Crippen LogP contribution in [0.15, 0.2) is 0 Å². The van der Waals surface area contributed by atoms with Crippen molar-refractivity contribution < 1.29 is 14.7 Å². The van der Waals surface area contributed by atoms with Crippen LogP contribution in [0.3, 0.4) is 0 Å². The van der Waals surface area contributed by atoms with E-state index in [0.29, 0.717) is 12.8 Å². The lowest BCUT2D eigenvalue weighted by molar-refractivity contribution is -0.150. The van der Waals surface area contributed by atoms with E-state index in [1.165, 1.54) is 6.42 Å². The summed E-state index contributed by atoms with van der Waals surface area (Å²) in [5.74, 6) is -0.772. The normalized spacial score (nSPS) is 22.9. The second-order valence-corrected chi connectivity index (χ2v) is 5.60. The second-order valence-electron chi connectivity index (χ2n) is 5.60. The Balaban J connectivity index is 1.81. The van der Waals surface area contributed by atoms with E-state index in [0.717, 1.165) is 32.1 Å². The lowest BCUT2D eigenvalue weighted by Crippen LogP contribution is -2.50. The van der Waals surface area contributed by atoms with Crippen LogP contribution < -0.4 is 10.6 Å². The smallest absolute Gasteiger partial charge is 0.315 e. The van der Waals surface area contributed by atoms with Crippen LogP contribution in [-0.2, 0) is 4.79 Å². The van der Waals surface area contributed by atoms with Gasteiger partial charge in [-0.3, -0.25) is 4.79 Å². The van der Waals surface area contributed by atoms with Crippen molar-refractivity contribution in [2.24, 2.45) is 5.41 Å². The summed E-state index contributed by atoms with van der Waals surface area (Å²) in [6, 6.07) is 0.0723. The minimum atomic E-state index is -0.772. The molecule has 0 heterocycles. The second kappa shape index (κ2) is 5.59. The number of aliphatic carboxylic acids is 1. The van der Waals surface area contributed by atoms with E-state index in [2.05, 4.69) is 10.6 Å². The summed E-state index contributed by atoms with van der Waals surface area (Å²) in [6.07, 6.45) is 7.58. The zero-order valence-corrected chi connectivity index (χ0v) is 10.7. The summed E-state index contributed by atoms with van der Waals surface area (Å²) in [4.78, 5) is 23.0. The molecule has 2 fully saturated rings. The molecular formula is C13H22N2O3. The molecule has 0 spiro atoms. The van der Waals surface area contributed by atoms with Crippen molar-refractivity contribution in [3.63, 3.8) is 0 Å². The van der Waals surface area contributed by atoms with Crippen LogP contribution >= 0.6 is 0 Å². The lowest BCUT2D eigenvalue weighted by Gasteiger charge is -2.34. The number of carbonyl (C=O) groups excluding carboxylic acids is 1. The third kappa shape index (κ3) is 2.94. The van der Waals surface area contributed by atoms with E-state index >= 15 is 0 Å². The molecule has 2 aliphatic rings. The molecule has 0 aliphatic heterocycles. The van der Waals surface area contributed by atoms with Crippen molar-refractivity contribution in [1.29, 1.82) is 0 Å². The molecule has 3 N–H and O–H groups in total. The summed E-state index contributed by atoms with van der Waals surface area (Å²) in [5, 5.41) is 15.0. The Morgan fingerprint density at radius 1 is 1.11 bits per heavy atom. The van der Waals surface area contributed by atoms with E-state index in [4.69, 9.17) is 0 Å². The van der Waals surface area contributed by atoms with Crippen molar-refractivity contribution in [3.05, 3.63) is 0 Å². The maximum Gasteiger partial charge on any atom is 0.315 e. The van der Waals surface area contributed by atoms with Crippen LogP contribution in [0.5, 0.6) is 0 Å². The van der Waals surface area contributed by atoms with Crippen LogP contribution in [0.25, 0.3) is 0 Å². The predicted octanol–water partition coefficient (Wildman–Crippen LogP) is 1.87. The molecule has 0 atom stereocenters. The van der Waals surface area contributed by atoms with E-state index in [-0.39, 0.29) is 18.6 Å². The van der Waals surface area contributed by atoms with Gasteiger partial charge in [-0.05, 0) is 32.1 Å². The summed E-state index contributed by atoms with van der Waals surface area (Å²) in [5.41, 5.74) is -0.741. The molecule has 2 aliphatic carbocycles. The minimum Gasteiger partial charge on any atom is -0.481 e. The Kier molecular flexibility index (Phi) is 4.09. The highest BCUT2D eigenvalue weighted by molar-refractivity contribution is 5.78. The van der Waals surface area contributed by atoms with E-state index in [9.17, 15) is 14.7 Å². The highest BCUT2D eigenvalue weighted by Crippen LogP contribution is 2.35. The fourth-order valence-electron chi connectivity index (χ4n) is 2.73. The first kappa shape index (κ1) is 13.2. The topological polar surface area (TPSA) is 78.4 Å². The Labute approximate surface area is 107 Å². The quantitative estimate of drug-likeness (QED) is 0.716. The van der Waals surface area contributed by atoms with Gasteiger partial charge in [-0.2, -0.15) is 0 Å². The van der Waals surface area contributed by atoms with Crippen LogP contribution in [-0.4, -0.2) is 29.7 Å². The first-order chi connectivity index (χ1) is 8.62. The lowest BCUT2D eigenvalue weighted by atomic mass is 9.74. The van der Waals surface area contributed by atoms with Gasteiger partial charge in [0.05, 0.1) is 5.41 Å². The molecule has 0 bridgehead atoms. The first-order valence-electron chi connectivity index (χ1n) is 6.90. The molecule has 0 aromatic carbocycles. The molecule has 0 unspecified atom stereocenters. The molecule has 5 heteroatoms. The number of urea groups is 1. The van der Waals surface area contributed by atoms with E-state index < -0.39 is 11.4 Å². The summed E-state index contributed by atoms with van der Waals surface area (Å²) >= 11 is 0. The van der Waals surface area contributed by atoms with E-state index in [1.807, 2.05) is 0 Å². The van der Waals surface area contributed by atoms with Gasteiger partial charge < -0.3 is 15.7 Å². The van der Waals surface area contributed by atoms with Gasteiger partial charge in [0.25, 0.3) is 0 Å². The number of carbonyl (C=O) groups is 2. The zero-order valence-electron chi connectivity index (χ0n) is 10.7. The Morgan fingerprint density at radius 3 is 2.28 bits per heavy atom. The molecule has 102 valence electrons. The van der Waals surface area contributed by atoms with Gasteiger partial charge in [-0.15, -0.1) is 0 Å². The molecule has 0 radical (unpaired) electrons. The Morgan fingerprint density at radius 2 is 1.78 bits per heavy atom. The van der Waals surface area contributed by atoms with Crippen LogP contribution in [0, 0.1) is 5.41 Å². The van der Waals surface area contributed by atoms with Gasteiger partial charge in [0.1, 0.15) is 0 Å². The van der Waals surface area contributed by atoms with Crippen molar-refractivity contribution in [2.75, 3.05) is 6.54 Å².